The van der Waals surface area contributed by atoms with Crippen LogP contribution >= 0.6 is 23.1 Å². The lowest BCUT2D eigenvalue weighted by Gasteiger charge is -2.06. The van der Waals surface area contributed by atoms with E-state index in [1.54, 1.807) is 6.07 Å². The minimum Gasteiger partial charge on any atom is -0.465 e. The Kier molecular flexibility index (Phi) is 4.73. The normalized spacial score (nSPS) is 10.7. The highest BCUT2D eigenvalue weighted by atomic mass is 32.2. The van der Waals surface area contributed by atoms with Gasteiger partial charge in [0.1, 0.15) is 5.82 Å². The number of thioether (sulfide) groups is 1. The molecule has 0 spiro atoms. The Balaban J connectivity index is 1.75. The molecule has 8 heteroatoms. The van der Waals surface area contributed by atoms with Gasteiger partial charge >= 0.3 is 5.97 Å². The van der Waals surface area contributed by atoms with Gasteiger partial charge in [0.2, 0.25) is 5.82 Å². The van der Waals surface area contributed by atoms with E-state index in [1.165, 1.54) is 36.3 Å². The maximum Gasteiger partial charge on any atom is 0.338 e. The van der Waals surface area contributed by atoms with E-state index < -0.39 is 11.8 Å². The lowest BCUT2D eigenvalue weighted by atomic mass is 10.1. The first-order valence-corrected chi connectivity index (χ1v) is 8.41. The zero-order valence-electron chi connectivity index (χ0n) is 12.0. The number of thiophene rings is 1. The van der Waals surface area contributed by atoms with Gasteiger partial charge in [-0.25, -0.2) is 9.18 Å². The van der Waals surface area contributed by atoms with Crippen molar-refractivity contribution in [1.29, 1.82) is 0 Å². The van der Waals surface area contributed by atoms with Gasteiger partial charge in [-0.2, -0.15) is 4.98 Å². The van der Waals surface area contributed by atoms with Gasteiger partial charge < -0.3 is 9.26 Å². The fraction of sp³-hybridized carbons (Fsp3) is 0.133. The van der Waals surface area contributed by atoms with Crippen molar-refractivity contribution in [1.82, 2.24) is 10.1 Å². The number of carbonyl (C=O) groups is 1. The zero-order chi connectivity index (χ0) is 16.2. The number of methoxy groups -OCH3 is 1. The third-order valence-corrected chi connectivity index (χ3v) is 4.71. The van der Waals surface area contributed by atoms with Gasteiger partial charge in [-0.3, -0.25) is 0 Å². The van der Waals surface area contributed by atoms with Gasteiger partial charge in [-0.05, 0) is 29.1 Å². The Labute approximate surface area is 139 Å². The fourth-order valence-electron chi connectivity index (χ4n) is 1.89. The van der Waals surface area contributed by atoms with Gasteiger partial charge in [0.05, 0.1) is 17.6 Å². The summed E-state index contributed by atoms with van der Waals surface area (Å²) < 4.78 is 23.2. The smallest absolute Gasteiger partial charge is 0.338 e. The quantitative estimate of drug-likeness (QED) is 0.511. The number of benzene rings is 1. The summed E-state index contributed by atoms with van der Waals surface area (Å²) in [5.74, 6) is -0.159. The molecule has 23 heavy (non-hydrogen) atoms. The molecule has 0 radical (unpaired) electrons. The van der Waals surface area contributed by atoms with Crippen LogP contribution in [0, 0.1) is 5.82 Å². The van der Waals surface area contributed by atoms with E-state index in [4.69, 9.17) is 4.52 Å². The molecule has 1 aromatic carbocycles. The predicted octanol–water partition coefficient (Wildman–Crippen LogP) is 4.02. The van der Waals surface area contributed by atoms with Gasteiger partial charge in [0.25, 0.3) is 5.22 Å². The summed E-state index contributed by atoms with van der Waals surface area (Å²) in [7, 11) is 1.26. The molecule has 0 aliphatic rings. The van der Waals surface area contributed by atoms with Crippen LogP contribution in [0.2, 0.25) is 0 Å². The van der Waals surface area contributed by atoms with Crippen molar-refractivity contribution >= 4 is 29.1 Å². The first kappa shape index (κ1) is 15.7. The highest BCUT2D eigenvalue weighted by Crippen LogP contribution is 2.27. The second kappa shape index (κ2) is 6.93. The number of hydrogen-bond donors (Lipinski definition) is 0. The van der Waals surface area contributed by atoms with E-state index in [0.29, 0.717) is 22.4 Å². The number of hydrogen-bond acceptors (Lipinski definition) is 7. The number of ether oxygens (including phenoxy) is 1. The van der Waals surface area contributed by atoms with Gasteiger partial charge in [-0.15, -0.1) is 11.3 Å². The first-order valence-electron chi connectivity index (χ1n) is 6.54. The van der Waals surface area contributed by atoms with Crippen LogP contribution in [0.15, 0.2) is 45.5 Å². The predicted molar refractivity (Wildman–Crippen MR) is 84.9 cm³/mol. The van der Waals surface area contributed by atoms with Crippen molar-refractivity contribution in [2.24, 2.45) is 0 Å². The van der Waals surface area contributed by atoms with Crippen LogP contribution < -0.4 is 0 Å². The Morgan fingerprint density at radius 1 is 1.43 bits per heavy atom. The summed E-state index contributed by atoms with van der Waals surface area (Å²) in [6.45, 7) is 0. The zero-order valence-corrected chi connectivity index (χ0v) is 13.6. The molecule has 3 rings (SSSR count). The molecule has 118 valence electrons. The summed E-state index contributed by atoms with van der Waals surface area (Å²) >= 11 is 2.79. The van der Waals surface area contributed by atoms with Crippen molar-refractivity contribution in [2.45, 2.75) is 11.0 Å². The summed E-state index contributed by atoms with van der Waals surface area (Å²) in [4.78, 5) is 16.9. The molecule has 3 aromatic rings. The van der Waals surface area contributed by atoms with Crippen LogP contribution in [0.3, 0.4) is 0 Å². The molecule has 0 bridgehead atoms. The molecule has 0 saturated heterocycles. The van der Waals surface area contributed by atoms with Gasteiger partial charge in [0.15, 0.2) is 0 Å². The molecule has 0 aliphatic heterocycles. The summed E-state index contributed by atoms with van der Waals surface area (Å²) in [6, 6.07) is 7.81. The second-order valence-electron chi connectivity index (χ2n) is 4.44. The third kappa shape index (κ3) is 3.59. The average molecular weight is 350 g/mol. The highest BCUT2D eigenvalue weighted by molar-refractivity contribution is 7.98. The summed E-state index contributed by atoms with van der Waals surface area (Å²) in [6.07, 6.45) is 0. The van der Waals surface area contributed by atoms with Gasteiger partial charge in [0, 0.05) is 5.75 Å². The number of aromatic nitrogens is 2. The standard InChI is InChI=1S/C15H11FN2O3S2/c1-20-14(19)11-7-10(16)5-4-9(11)8-23-15-17-13(18-21-15)12-3-2-6-22-12/h2-7H,8H2,1H3. The molecule has 0 N–H and O–H groups in total. The molecule has 0 atom stereocenters. The number of carbonyl (C=O) groups excluding carboxylic acids is 1. The Hall–Kier alpha value is -2.19. The van der Waals surface area contributed by atoms with Crippen LogP contribution in [0.5, 0.6) is 0 Å². The third-order valence-electron chi connectivity index (χ3n) is 2.98. The maximum absolute atomic E-state index is 13.3. The van der Waals surface area contributed by atoms with Crippen LogP contribution in [-0.2, 0) is 10.5 Å². The minimum absolute atomic E-state index is 0.193. The molecular weight excluding hydrogens is 339 g/mol. The van der Waals surface area contributed by atoms with E-state index in [2.05, 4.69) is 14.9 Å². The topological polar surface area (TPSA) is 65.2 Å². The molecular formula is C15H11FN2O3S2. The summed E-state index contributed by atoms with van der Waals surface area (Å²) in [5, 5.41) is 6.22. The molecule has 2 heterocycles. The van der Waals surface area contributed by atoms with Crippen LogP contribution in [0.25, 0.3) is 10.7 Å². The molecule has 0 saturated carbocycles. The lowest BCUT2D eigenvalue weighted by Crippen LogP contribution is -2.05. The molecule has 0 unspecified atom stereocenters. The Bertz CT molecular complexity index is 818. The van der Waals surface area contributed by atoms with E-state index in [-0.39, 0.29) is 5.56 Å². The number of rotatable bonds is 5. The van der Waals surface area contributed by atoms with Crippen molar-refractivity contribution in [3.63, 3.8) is 0 Å². The Morgan fingerprint density at radius 3 is 3.04 bits per heavy atom. The fourth-order valence-corrected chi connectivity index (χ4v) is 3.31. The Morgan fingerprint density at radius 2 is 2.30 bits per heavy atom. The van der Waals surface area contributed by atoms with Crippen LogP contribution in [0.1, 0.15) is 15.9 Å². The van der Waals surface area contributed by atoms with Crippen molar-refractivity contribution in [2.75, 3.05) is 7.11 Å². The largest absolute Gasteiger partial charge is 0.465 e. The molecule has 0 aliphatic carbocycles. The SMILES string of the molecule is COC(=O)c1cc(F)ccc1CSc1nc(-c2cccs2)no1. The molecule has 2 aromatic heterocycles. The number of halogens is 1. The van der Waals surface area contributed by atoms with Crippen molar-refractivity contribution in [3.05, 3.63) is 52.7 Å². The second-order valence-corrected chi connectivity index (χ2v) is 6.32. The average Bonchev–Trinajstić information content (AvgIpc) is 3.23. The lowest BCUT2D eigenvalue weighted by molar-refractivity contribution is 0.0599. The first-order chi connectivity index (χ1) is 11.2. The molecule has 5 nitrogen and oxygen atoms in total. The minimum atomic E-state index is -0.579. The van der Waals surface area contributed by atoms with Gasteiger partial charge in [-0.1, -0.05) is 29.1 Å². The van der Waals surface area contributed by atoms with E-state index in [1.807, 2.05) is 17.5 Å². The molecule has 0 amide bonds. The van der Waals surface area contributed by atoms with Crippen molar-refractivity contribution < 1.29 is 18.4 Å². The van der Waals surface area contributed by atoms with Crippen molar-refractivity contribution in [3.8, 4) is 10.7 Å². The summed E-state index contributed by atoms with van der Waals surface area (Å²) in [5.41, 5.74) is 0.831. The van der Waals surface area contributed by atoms with Crippen LogP contribution in [0.4, 0.5) is 4.39 Å². The van der Waals surface area contributed by atoms with Crippen LogP contribution in [-0.4, -0.2) is 23.2 Å². The highest BCUT2D eigenvalue weighted by Gasteiger charge is 2.15. The van der Waals surface area contributed by atoms with E-state index >= 15 is 0 Å². The van der Waals surface area contributed by atoms with E-state index in [0.717, 1.165) is 10.9 Å². The maximum atomic E-state index is 13.3. The number of nitrogens with zero attached hydrogens (tertiary/aromatic N) is 2. The number of esters is 1. The van der Waals surface area contributed by atoms with E-state index in [9.17, 15) is 9.18 Å². The monoisotopic (exact) mass is 350 g/mol. The molecule has 0 fully saturated rings.